The highest BCUT2D eigenvalue weighted by Gasteiger charge is 2.15. The Bertz CT molecular complexity index is 1200. The molecule has 0 saturated carbocycles. The number of fused-ring (bicyclic) bond motifs is 1. The third-order valence-corrected chi connectivity index (χ3v) is 4.69. The Labute approximate surface area is 169 Å². The number of amides is 1. The van der Waals surface area contributed by atoms with E-state index < -0.39 is 0 Å². The third kappa shape index (κ3) is 4.27. The summed E-state index contributed by atoms with van der Waals surface area (Å²) in [6, 6.07) is 13.8. The van der Waals surface area contributed by atoms with Gasteiger partial charge >= 0.3 is 0 Å². The first kappa shape index (κ1) is 18.7. The zero-order chi connectivity index (χ0) is 20.2. The van der Waals surface area contributed by atoms with Crippen LogP contribution in [0.5, 0.6) is 17.2 Å². The van der Waals surface area contributed by atoms with E-state index in [1.165, 1.54) is 11.3 Å². The summed E-state index contributed by atoms with van der Waals surface area (Å²) < 4.78 is 17.0. The van der Waals surface area contributed by atoms with Crippen molar-refractivity contribution in [2.24, 2.45) is 0 Å². The summed E-state index contributed by atoms with van der Waals surface area (Å²) in [4.78, 5) is 28.7. The van der Waals surface area contributed by atoms with E-state index in [0.29, 0.717) is 33.4 Å². The molecule has 2 aromatic heterocycles. The van der Waals surface area contributed by atoms with Crippen molar-refractivity contribution in [3.8, 4) is 17.2 Å². The standard InChI is InChI=1S/C21H16N2O5S/c1-13-20(28-14-5-3-2-4-6-14)19(25)16-8-7-15(11-17(16)27-13)26-12-18(24)23-21-22-9-10-29-21/h2-11H,12H2,1H3,(H,22,23,24). The summed E-state index contributed by atoms with van der Waals surface area (Å²) in [5.41, 5.74) is 0.0754. The van der Waals surface area contributed by atoms with Crippen LogP contribution in [0, 0.1) is 6.92 Å². The lowest BCUT2D eigenvalue weighted by atomic mass is 10.2. The molecule has 1 amide bonds. The molecule has 2 heterocycles. The maximum absolute atomic E-state index is 12.8. The van der Waals surface area contributed by atoms with E-state index in [-0.39, 0.29) is 23.7 Å². The number of benzene rings is 2. The molecule has 0 aliphatic rings. The SMILES string of the molecule is Cc1oc2cc(OCC(=O)Nc3nccs3)ccc2c(=O)c1Oc1ccccc1. The van der Waals surface area contributed by atoms with E-state index in [0.717, 1.165) is 0 Å². The maximum atomic E-state index is 12.8. The molecule has 0 atom stereocenters. The van der Waals surface area contributed by atoms with Gasteiger partial charge < -0.3 is 13.9 Å². The number of thiazole rings is 1. The Kier molecular flexibility index (Phi) is 5.26. The fraction of sp³-hybridized carbons (Fsp3) is 0.0952. The van der Waals surface area contributed by atoms with Crippen molar-refractivity contribution >= 4 is 33.3 Å². The molecule has 0 unspecified atom stereocenters. The number of hydrogen-bond acceptors (Lipinski definition) is 7. The van der Waals surface area contributed by atoms with Gasteiger partial charge in [0.15, 0.2) is 11.7 Å². The van der Waals surface area contributed by atoms with Crippen LogP contribution in [0.15, 0.2) is 69.3 Å². The third-order valence-electron chi connectivity index (χ3n) is 4.00. The van der Waals surface area contributed by atoms with E-state index >= 15 is 0 Å². The average molecular weight is 408 g/mol. The van der Waals surface area contributed by atoms with Crippen LogP contribution < -0.4 is 20.2 Å². The Morgan fingerprint density at radius 2 is 2.00 bits per heavy atom. The number of rotatable bonds is 6. The van der Waals surface area contributed by atoms with Crippen molar-refractivity contribution in [1.29, 1.82) is 0 Å². The molecule has 0 spiro atoms. The van der Waals surface area contributed by atoms with Crippen molar-refractivity contribution in [2.75, 3.05) is 11.9 Å². The van der Waals surface area contributed by atoms with Crippen LogP contribution in [0.25, 0.3) is 11.0 Å². The van der Waals surface area contributed by atoms with E-state index in [2.05, 4.69) is 10.3 Å². The topological polar surface area (TPSA) is 90.7 Å². The number of aromatic nitrogens is 1. The van der Waals surface area contributed by atoms with Crippen LogP contribution in [-0.4, -0.2) is 17.5 Å². The van der Waals surface area contributed by atoms with E-state index in [4.69, 9.17) is 13.9 Å². The zero-order valence-corrected chi connectivity index (χ0v) is 16.2. The van der Waals surface area contributed by atoms with Crippen molar-refractivity contribution in [1.82, 2.24) is 4.98 Å². The summed E-state index contributed by atoms with van der Waals surface area (Å²) >= 11 is 1.32. The van der Waals surface area contributed by atoms with Gasteiger partial charge in [-0.05, 0) is 31.2 Å². The van der Waals surface area contributed by atoms with Crippen molar-refractivity contribution in [2.45, 2.75) is 6.92 Å². The molecule has 4 aromatic rings. The second-order valence-electron chi connectivity index (χ2n) is 6.06. The van der Waals surface area contributed by atoms with Crippen LogP contribution in [-0.2, 0) is 4.79 Å². The predicted octanol–water partition coefficient (Wildman–Crippen LogP) is 4.37. The molecule has 0 bridgehead atoms. The quantitative estimate of drug-likeness (QED) is 0.510. The zero-order valence-electron chi connectivity index (χ0n) is 15.4. The number of nitrogens with one attached hydrogen (secondary N) is 1. The highest BCUT2D eigenvalue weighted by molar-refractivity contribution is 7.13. The molecule has 2 aromatic carbocycles. The lowest BCUT2D eigenvalue weighted by molar-refractivity contribution is -0.118. The number of carbonyl (C=O) groups is 1. The van der Waals surface area contributed by atoms with E-state index in [1.54, 1.807) is 48.8 Å². The minimum absolute atomic E-state index is 0.139. The normalized spacial score (nSPS) is 10.7. The van der Waals surface area contributed by atoms with Gasteiger partial charge in [0.05, 0.1) is 5.39 Å². The molecule has 7 nitrogen and oxygen atoms in total. The Balaban J connectivity index is 1.53. The minimum Gasteiger partial charge on any atom is -0.484 e. The van der Waals surface area contributed by atoms with Gasteiger partial charge in [0.1, 0.15) is 22.8 Å². The predicted molar refractivity (Wildman–Crippen MR) is 110 cm³/mol. The van der Waals surface area contributed by atoms with Gasteiger partial charge in [0.25, 0.3) is 5.91 Å². The fourth-order valence-electron chi connectivity index (χ4n) is 2.67. The van der Waals surface area contributed by atoms with Crippen molar-refractivity contribution in [3.63, 3.8) is 0 Å². The van der Waals surface area contributed by atoms with Crippen LogP contribution in [0.3, 0.4) is 0 Å². The monoisotopic (exact) mass is 408 g/mol. The second-order valence-corrected chi connectivity index (χ2v) is 6.96. The van der Waals surface area contributed by atoms with Gasteiger partial charge in [0, 0.05) is 17.6 Å². The molecule has 0 fully saturated rings. The molecule has 0 saturated heterocycles. The number of ether oxygens (including phenoxy) is 2. The first-order valence-corrected chi connectivity index (χ1v) is 9.60. The fourth-order valence-corrected chi connectivity index (χ4v) is 3.22. The molecule has 29 heavy (non-hydrogen) atoms. The van der Waals surface area contributed by atoms with E-state index in [9.17, 15) is 9.59 Å². The number of nitrogens with zero attached hydrogens (tertiary/aromatic N) is 1. The molecule has 1 N–H and O–H groups in total. The summed E-state index contributed by atoms with van der Waals surface area (Å²) in [6.45, 7) is 1.47. The molecule has 146 valence electrons. The smallest absolute Gasteiger partial charge is 0.264 e. The lowest BCUT2D eigenvalue weighted by Gasteiger charge is -2.10. The van der Waals surface area contributed by atoms with Gasteiger partial charge in [-0.1, -0.05) is 18.2 Å². The van der Waals surface area contributed by atoms with Gasteiger partial charge in [-0.2, -0.15) is 0 Å². The molecule has 4 rings (SSSR count). The Hall–Kier alpha value is -3.65. The average Bonchev–Trinajstić information content (AvgIpc) is 3.23. The highest BCUT2D eigenvalue weighted by Crippen LogP contribution is 2.27. The van der Waals surface area contributed by atoms with E-state index in [1.807, 2.05) is 18.2 Å². The number of anilines is 1. The molecule has 0 radical (unpaired) electrons. The molecule has 8 heteroatoms. The highest BCUT2D eigenvalue weighted by atomic mass is 32.1. The lowest BCUT2D eigenvalue weighted by Crippen LogP contribution is -2.20. The molecule has 0 aliphatic heterocycles. The number of carbonyl (C=O) groups excluding carboxylic acids is 1. The Morgan fingerprint density at radius 3 is 2.76 bits per heavy atom. The van der Waals surface area contributed by atoms with Gasteiger partial charge in [-0.25, -0.2) is 4.98 Å². The summed E-state index contributed by atoms with van der Waals surface area (Å²) in [6.07, 6.45) is 1.60. The number of para-hydroxylation sites is 1. The summed E-state index contributed by atoms with van der Waals surface area (Å²) in [5, 5.41) is 5.26. The largest absolute Gasteiger partial charge is 0.484 e. The van der Waals surface area contributed by atoms with Crippen LogP contribution >= 0.6 is 11.3 Å². The summed E-state index contributed by atoms with van der Waals surface area (Å²) in [7, 11) is 0. The molecular formula is C21H16N2O5S. The maximum Gasteiger partial charge on any atom is 0.264 e. The van der Waals surface area contributed by atoms with Crippen LogP contribution in [0.2, 0.25) is 0 Å². The van der Waals surface area contributed by atoms with Gasteiger partial charge in [0.2, 0.25) is 11.2 Å². The van der Waals surface area contributed by atoms with Crippen molar-refractivity contribution < 1.29 is 18.7 Å². The molecule has 0 aliphatic carbocycles. The first-order valence-electron chi connectivity index (χ1n) is 8.72. The first-order chi connectivity index (χ1) is 14.1. The molecular weight excluding hydrogens is 392 g/mol. The van der Waals surface area contributed by atoms with Crippen LogP contribution in [0.1, 0.15) is 5.76 Å². The van der Waals surface area contributed by atoms with Crippen LogP contribution in [0.4, 0.5) is 5.13 Å². The van der Waals surface area contributed by atoms with Crippen molar-refractivity contribution in [3.05, 3.63) is 76.1 Å². The second kappa shape index (κ2) is 8.15. The minimum atomic E-state index is -0.329. The number of hydrogen-bond donors (Lipinski definition) is 1. The van der Waals surface area contributed by atoms with Gasteiger partial charge in [-0.3, -0.25) is 14.9 Å². The number of aryl methyl sites for hydroxylation is 1. The Morgan fingerprint density at radius 1 is 1.17 bits per heavy atom. The summed E-state index contributed by atoms with van der Waals surface area (Å²) in [5.74, 6) is 1.12. The van der Waals surface area contributed by atoms with Gasteiger partial charge in [-0.15, -0.1) is 11.3 Å².